The maximum Gasteiger partial charge on any atom is 0.240 e. The van der Waals surface area contributed by atoms with E-state index in [1.165, 1.54) is 12.8 Å². The molecule has 0 aromatic heterocycles. The number of carbonyl (C=O) groups is 1. The SMILES string of the molecule is CC(C)C1CCN[C@@H]1C(=O)N1CCC[C@@H]1C. The van der Waals surface area contributed by atoms with Crippen LogP contribution in [0.4, 0.5) is 0 Å². The minimum atomic E-state index is 0.0838. The molecule has 3 heteroatoms. The van der Waals surface area contributed by atoms with E-state index in [4.69, 9.17) is 0 Å². The molecule has 1 N–H and O–H groups in total. The van der Waals surface area contributed by atoms with Gasteiger partial charge in [-0.2, -0.15) is 0 Å². The molecule has 3 nitrogen and oxygen atoms in total. The van der Waals surface area contributed by atoms with Crippen LogP contribution < -0.4 is 5.32 Å². The number of nitrogens with one attached hydrogen (secondary N) is 1. The molecule has 0 aromatic rings. The Morgan fingerprint density at radius 3 is 2.69 bits per heavy atom. The van der Waals surface area contributed by atoms with Gasteiger partial charge in [-0.25, -0.2) is 0 Å². The van der Waals surface area contributed by atoms with Gasteiger partial charge in [0.1, 0.15) is 0 Å². The molecule has 2 fully saturated rings. The molecule has 0 aromatic carbocycles. The monoisotopic (exact) mass is 224 g/mol. The van der Waals surface area contributed by atoms with Crippen molar-refractivity contribution in [3.63, 3.8) is 0 Å². The number of carbonyl (C=O) groups excluding carboxylic acids is 1. The average molecular weight is 224 g/mol. The highest BCUT2D eigenvalue weighted by atomic mass is 16.2. The summed E-state index contributed by atoms with van der Waals surface area (Å²) in [6, 6.07) is 0.531. The van der Waals surface area contributed by atoms with Gasteiger partial charge in [-0.1, -0.05) is 13.8 Å². The largest absolute Gasteiger partial charge is 0.339 e. The lowest BCUT2D eigenvalue weighted by Gasteiger charge is -2.29. The Labute approximate surface area is 98.6 Å². The molecule has 0 spiro atoms. The summed E-state index contributed by atoms with van der Waals surface area (Å²) in [6.45, 7) is 8.59. The van der Waals surface area contributed by atoms with Crippen LogP contribution in [0.25, 0.3) is 0 Å². The predicted octanol–water partition coefficient (Wildman–Crippen LogP) is 1.63. The Morgan fingerprint density at radius 2 is 2.12 bits per heavy atom. The fourth-order valence-electron chi connectivity index (χ4n) is 3.15. The van der Waals surface area contributed by atoms with Crippen LogP contribution in [-0.2, 0) is 4.79 Å². The molecule has 16 heavy (non-hydrogen) atoms. The molecule has 1 unspecified atom stereocenters. The summed E-state index contributed by atoms with van der Waals surface area (Å²) in [6.07, 6.45) is 3.49. The molecular weight excluding hydrogens is 200 g/mol. The zero-order chi connectivity index (χ0) is 11.7. The van der Waals surface area contributed by atoms with Crippen molar-refractivity contribution in [1.82, 2.24) is 10.2 Å². The number of likely N-dealkylation sites (tertiary alicyclic amines) is 1. The number of nitrogens with zero attached hydrogens (tertiary/aromatic N) is 1. The van der Waals surface area contributed by atoms with Gasteiger partial charge in [0.2, 0.25) is 5.91 Å². The van der Waals surface area contributed by atoms with Crippen LogP contribution in [0.3, 0.4) is 0 Å². The highest BCUT2D eigenvalue weighted by molar-refractivity contribution is 5.83. The lowest BCUT2D eigenvalue weighted by Crippen LogP contribution is -2.48. The second-order valence-electron chi connectivity index (χ2n) is 5.65. The zero-order valence-electron chi connectivity index (χ0n) is 10.7. The minimum Gasteiger partial charge on any atom is -0.339 e. The van der Waals surface area contributed by atoms with E-state index in [9.17, 15) is 4.79 Å². The third kappa shape index (κ3) is 2.10. The van der Waals surface area contributed by atoms with Gasteiger partial charge in [0.25, 0.3) is 0 Å². The van der Waals surface area contributed by atoms with Crippen molar-refractivity contribution < 1.29 is 4.79 Å². The molecule has 2 aliphatic rings. The van der Waals surface area contributed by atoms with Crippen molar-refractivity contribution in [2.45, 2.75) is 52.1 Å². The van der Waals surface area contributed by atoms with Crippen LogP contribution in [-0.4, -0.2) is 36.0 Å². The maximum absolute atomic E-state index is 12.4. The van der Waals surface area contributed by atoms with Crippen molar-refractivity contribution in [2.24, 2.45) is 11.8 Å². The third-order valence-corrected chi connectivity index (χ3v) is 4.23. The average Bonchev–Trinajstić information content (AvgIpc) is 2.84. The Hall–Kier alpha value is -0.570. The lowest BCUT2D eigenvalue weighted by atomic mass is 9.88. The predicted molar refractivity (Wildman–Crippen MR) is 65.1 cm³/mol. The van der Waals surface area contributed by atoms with Crippen LogP contribution >= 0.6 is 0 Å². The van der Waals surface area contributed by atoms with E-state index in [0.29, 0.717) is 23.8 Å². The van der Waals surface area contributed by atoms with Crippen LogP contribution in [0.5, 0.6) is 0 Å². The molecule has 0 radical (unpaired) electrons. The number of amides is 1. The lowest BCUT2D eigenvalue weighted by molar-refractivity contribution is -0.135. The summed E-state index contributed by atoms with van der Waals surface area (Å²) in [5.41, 5.74) is 0. The molecule has 92 valence electrons. The van der Waals surface area contributed by atoms with Gasteiger partial charge in [0.15, 0.2) is 0 Å². The van der Waals surface area contributed by atoms with Gasteiger partial charge < -0.3 is 10.2 Å². The maximum atomic E-state index is 12.4. The Balaban J connectivity index is 2.03. The van der Waals surface area contributed by atoms with Gasteiger partial charge in [-0.15, -0.1) is 0 Å². The number of rotatable bonds is 2. The molecule has 0 aliphatic carbocycles. The zero-order valence-corrected chi connectivity index (χ0v) is 10.7. The topological polar surface area (TPSA) is 32.3 Å². The van der Waals surface area contributed by atoms with Crippen molar-refractivity contribution in [3.8, 4) is 0 Å². The molecule has 3 atom stereocenters. The minimum absolute atomic E-state index is 0.0838. The van der Waals surface area contributed by atoms with Crippen LogP contribution in [0.1, 0.15) is 40.0 Å². The molecular formula is C13H24N2O. The first kappa shape index (κ1) is 11.9. The first-order chi connectivity index (χ1) is 7.61. The summed E-state index contributed by atoms with van der Waals surface area (Å²) in [5.74, 6) is 1.48. The molecule has 2 aliphatic heterocycles. The first-order valence-corrected chi connectivity index (χ1v) is 6.65. The van der Waals surface area contributed by atoms with E-state index in [-0.39, 0.29) is 6.04 Å². The molecule has 0 bridgehead atoms. The summed E-state index contributed by atoms with van der Waals surface area (Å²) in [4.78, 5) is 14.5. The molecule has 2 saturated heterocycles. The smallest absolute Gasteiger partial charge is 0.240 e. The molecule has 2 rings (SSSR count). The summed E-state index contributed by atoms with van der Waals surface area (Å²) < 4.78 is 0. The normalized spacial score (nSPS) is 35.0. The van der Waals surface area contributed by atoms with Gasteiger partial charge in [0, 0.05) is 12.6 Å². The highest BCUT2D eigenvalue weighted by Crippen LogP contribution is 2.27. The third-order valence-electron chi connectivity index (χ3n) is 4.23. The molecule has 1 amide bonds. The van der Waals surface area contributed by atoms with Crippen LogP contribution in [0.2, 0.25) is 0 Å². The standard InChI is InChI=1S/C13H24N2O/c1-9(2)11-6-7-14-12(11)13(16)15-8-4-5-10(15)3/h9-12,14H,4-8H2,1-3H3/t10-,11?,12-/m0/s1. The van der Waals surface area contributed by atoms with Crippen molar-refractivity contribution in [3.05, 3.63) is 0 Å². The summed E-state index contributed by atoms with van der Waals surface area (Å²) in [7, 11) is 0. The fourth-order valence-corrected chi connectivity index (χ4v) is 3.15. The Bertz CT molecular complexity index is 265. The number of hydrogen-bond acceptors (Lipinski definition) is 2. The second-order valence-corrected chi connectivity index (χ2v) is 5.65. The Morgan fingerprint density at radius 1 is 1.38 bits per heavy atom. The fraction of sp³-hybridized carbons (Fsp3) is 0.923. The summed E-state index contributed by atoms with van der Waals surface area (Å²) >= 11 is 0. The van der Waals surface area contributed by atoms with Crippen molar-refractivity contribution in [2.75, 3.05) is 13.1 Å². The van der Waals surface area contributed by atoms with Gasteiger partial charge in [-0.05, 0) is 44.6 Å². The van der Waals surface area contributed by atoms with Crippen molar-refractivity contribution in [1.29, 1.82) is 0 Å². The van der Waals surface area contributed by atoms with E-state index < -0.39 is 0 Å². The van der Waals surface area contributed by atoms with E-state index in [1.54, 1.807) is 0 Å². The van der Waals surface area contributed by atoms with Gasteiger partial charge in [-0.3, -0.25) is 4.79 Å². The van der Waals surface area contributed by atoms with Crippen LogP contribution in [0.15, 0.2) is 0 Å². The van der Waals surface area contributed by atoms with Gasteiger partial charge in [0.05, 0.1) is 6.04 Å². The highest BCUT2D eigenvalue weighted by Gasteiger charge is 2.38. The van der Waals surface area contributed by atoms with E-state index in [0.717, 1.165) is 19.5 Å². The molecule has 0 saturated carbocycles. The first-order valence-electron chi connectivity index (χ1n) is 6.65. The van der Waals surface area contributed by atoms with E-state index >= 15 is 0 Å². The van der Waals surface area contributed by atoms with E-state index in [1.807, 2.05) is 0 Å². The Kier molecular flexibility index (Phi) is 3.53. The second kappa shape index (κ2) is 4.74. The quantitative estimate of drug-likeness (QED) is 0.773. The molecule has 2 heterocycles. The van der Waals surface area contributed by atoms with Crippen molar-refractivity contribution >= 4 is 5.91 Å². The summed E-state index contributed by atoms with van der Waals surface area (Å²) in [5, 5.41) is 3.39. The number of hydrogen-bond donors (Lipinski definition) is 1. The van der Waals surface area contributed by atoms with Gasteiger partial charge >= 0.3 is 0 Å². The van der Waals surface area contributed by atoms with Crippen LogP contribution in [0, 0.1) is 11.8 Å². The van der Waals surface area contributed by atoms with E-state index in [2.05, 4.69) is 31.0 Å².